The Bertz CT molecular complexity index is 946. The van der Waals surface area contributed by atoms with Gasteiger partial charge in [0.15, 0.2) is 0 Å². The monoisotopic (exact) mass is 365 g/mol. The van der Waals surface area contributed by atoms with Crippen molar-refractivity contribution >= 4 is 16.9 Å². The maximum atomic E-state index is 11.6. The van der Waals surface area contributed by atoms with E-state index < -0.39 is 0 Å². The highest BCUT2D eigenvalue weighted by atomic mass is 16.5. The van der Waals surface area contributed by atoms with Crippen LogP contribution >= 0.6 is 0 Å². The van der Waals surface area contributed by atoms with Gasteiger partial charge in [-0.15, -0.1) is 0 Å². The van der Waals surface area contributed by atoms with Gasteiger partial charge in [-0.3, -0.25) is 4.79 Å². The Balaban J connectivity index is 1.69. The minimum atomic E-state index is 0.0340. The molecule has 0 unspecified atom stereocenters. The molecule has 142 valence electrons. The van der Waals surface area contributed by atoms with Crippen LogP contribution in [0.15, 0.2) is 42.5 Å². The standard InChI is InChI=1S/C22H27N3O2/c1-16-10-11-19(14-17(16)2)27-13-7-12-25-21-9-6-5-8-20(21)23-22(25)15-24(4)18(3)26/h5-6,8-11,14H,7,12-13,15H2,1-4H3. The molecule has 0 saturated heterocycles. The molecule has 0 aliphatic carbocycles. The molecule has 5 heteroatoms. The lowest BCUT2D eigenvalue weighted by atomic mass is 10.1. The van der Waals surface area contributed by atoms with E-state index in [0.29, 0.717) is 13.2 Å². The lowest BCUT2D eigenvalue weighted by Crippen LogP contribution is -2.25. The van der Waals surface area contributed by atoms with Gasteiger partial charge in [-0.1, -0.05) is 18.2 Å². The second-order valence-corrected chi connectivity index (χ2v) is 6.99. The van der Waals surface area contributed by atoms with Crippen molar-refractivity contribution in [1.82, 2.24) is 14.5 Å². The quantitative estimate of drug-likeness (QED) is 0.592. The number of benzene rings is 2. The Morgan fingerprint density at radius 2 is 1.93 bits per heavy atom. The fourth-order valence-corrected chi connectivity index (χ4v) is 3.04. The molecule has 0 fully saturated rings. The molecule has 1 aromatic heterocycles. The van der Waals surface area contributed by atoms with Crippen LogP contribution < -0.4 is 4.74 Å². The Labute approximate surface area is 160 Å². The normalized spacial score (nSPS) is 11.0. The Kier molecular flexibility index (Phi) is 5.79. The van der Waals surface area contributed by atoms with Gasteiger partial charge in [0.2, 0.25) is 5.91 Å². The first-order valence-electron chi connectivity index (χ1n) is 9.31. The number of imidazole rings is 1. The van der Waals surface area contributed by atoms with Gasteiger partial charge in [0, 0.05) is 20.5 Å². The molecule has 3 aromatic rings. The molecule has 5 nitrogen and oxygen atoms in total. The summed E-state index contributed by atoms with van der Waals surface area (Å²) in [4.78, 5) is 18.0. The van der Waals surface area contributed by atoms with Crippen LogP contribution in [-0.4, -0.2) is 34.0 Å². The number of hydrogen-bond donors (Lipinski definition) is 0. The topological polar surface area (TPSA) is 47.4 Å². The number of ether oxygens (including phenoxy) is 1. The Morgan fingerprint density at radius 1 is 1.15 bits per heavy atom. The molecule has 0 N–H and O–H groups in total. The van der Waals surface area contributed by atoms with Gasteiger partial charge in [0.25, 0.3) is 0 Å². The summed E-state index contributed by atoms with van der Waals surface area (Å²) in [5.74, 6) is 1.84. The summed E-state index contributed by atoms with van der Waals surface area (Å²) in [6, 6.07) is 14.3. The van der Waals surface area contributed by atoms with Crippen LogP contribution in [0.2, 0.25) is 0 Å². The second kappa shape index (κ2) is 8.25. The number of amides is 1. The third-order valence-corrected chi connectivity index (χ3v) is 4.92. The number of aryl methyl sites for hydroxylation is 3. The van der Waals surface area contributed by atoms with E-state index in [0.717, 1.165) is 35.6 Å². The van der Waals surface area contributed by atoms with Crippen molar-refractivity contribution in [2.45, 2.75) is 40.3 Å². The average molecular weight is 365 g/mol. The molecule has 1 heterocycles. The number of nitrogens with zero attached hydrogens (tertiary/aromatic N) is 3. The SMILES string of the molecule is CC(=O)N(C)Cc1nc2ccccc2n1CCCOc1ccc(C)c(C)c1. The van der Waals surface area contributed by atoms with E-state index in [1.807, 2.05) is 24.3 Å². The summed E-state index contributed by atoms with van der Waals surface area (Å²) >= 11 is 0. The van der Waals surface area contributed by atoms with Crippen molar-refractivity contribution in [2.24, 2.45) is 0 Å². The fraction of sp³-hybridized carbons (Fsp3) is 0.364. The van der Waals surface area contributed by atoms with Crippen LogP contribution in [0.1, 0.15) is 30.3 Å². The zero-order valence-electron chi connectivity index (χ0n) is 16.5. The molecule has 1 amide bonds. The first-order valence-corrected chi connectivity index (χ1v) is 9.31. The van der Waals surface area contributed by atoms with Crippen molar-refractivity contribution in [3.8, 4) is 5.75 Å². The van der Waals surface area contributed by atoms with Gasteiger partial charge in [-0.2, -0.15) is 0 Å². The van der Waals surface area contributed by atoms with E-state index in [4.69, 9.17) is 9.72 Å². The molecule has 0 spiro atoms. The third kappa shape index (κ3) is 4.48. The van der Waals surface area contributed by atoms with Crippen LogP contribution in [-0.2, 0) is 17.9 Å². The van der Waals surface area contributed by atoms with Crippen molar-refractivity contribution in [3.63, 3.8) is 0 Å². The Hall–Kier alpha value is -2.82. The van der Waals surface area contributed by atoms with E-state index in [1.54, 1.807) is 18.9 Å². The number of para-hydroxylation sites is 2. The summed E-state index contributed by atoms with van der Waals surface area (Å²) in [5, 5.41) is 0. The largest absolute Gasteiger partial charge is 0.494 e. The van der Waals surface area contributed by atoms with E-state index in [1.165, 1.54) is 11.1 Å². The Morgan fingerprint density at radius 3 is 2.67 bits per heavy atom. The van der Waals surface area contributed by atoms with E-state index in [2.05, 4.69) is 36.6 Å². The summed E-state index contributed by atoms with van der Waals surface area (Å²) < 4.78 is 8.11. The van der Waals surface area contributed by atoms with Crippen LogP contribution in [0.3, 0.4) is 0 Å². The van der Waals surface area contributed by atoms with E-state index in [9.17, 15) is 4.79 Å². The van der Waals surface area contributed by atoms with Gasteiger partial charge in [0.05, 0.1) is 24.2 Å². The van der Waals surface area contributed by atoms with Crippen molar-refractivity contribution in [2.75, 3.05) is 13.7 Å². The van der Waals surface area contributed by atoms with Crippen molar-refractivity contribution in [3.05, 3.63) is 59.4 Å². The number of rotatable bonds is 7. The number of hydrogen-bond acceptors (Lipinski definition) is 3. The fourth-order valence-electron chi connectivity index (χ4n) is 3.04. The van der Waals surface area contributed by atoms with Gasteiger partial charge in [-0.25, -0.2) is 4.98 Å². The molecule has 0 aliphatic heterocycles. The predicted octanol–water partition coefficient (Wildman–Crippen LogP) is 4.10. The van der Waals surface area contributed by atoms with E-state index in [-0.39, 0.29) is 5.91 Å². The summed E-state index contributed by atoms with van der Waals surface area (Å²) in [5.41, 5.74) is 4.56. The maximum Gasteiger partial charge on any atom is 0.219 e. The van der Waals surface area contributed by atoms with Crippen molar-refractivity contribution in [1.29, 1.82) is 0 Å². The van der Waals surface area contributed by atoms with Gasteiger partial charge in [-0.05, 0) is 55.7 Å². The first kappa shape index (κ1) is 19.0. The summed E-state index contributed by atoms with van der Waals surface area (Å²) in [6.45, 7) is 7.70. The highest BCUT2D eigenvalue weighted by molar-refractivity contribution is 5.76. The second-order valence-electron chi connectivity index (χ2n) is 6.99. The molecule has 0 saturated carbocycles. The molecule has 3 rings (SSSR count). The van der Waals surface area contributed by atoms with Crippen molar-refractivity contribution < 1.29 is 9.53 Å². The predicted molar refractivity (Wildman–Crippen MR) is 108 cm³/mol. The average Bonchev–Trinajstić information content (AvgIpc) is 2.98. The highest BCUT2D eigenvalue weighted by Gasteiger charge is 2.13. The summed E-state index contributed by atoms with van der Waals surface area (Å²) in [7, 11) is 1.80. The lowest BCUT2D eigenvalue weighted by Gasteiger charge is -2.16. The molecule has 0 atom stereocenters. The van der Waals surface area contributed by atoms with Gasteiger partial charge < -0.3 is 14.2 Å². The number of aromatic nitrogens is 2. The van der Waals surface area contributed by atoms with Crippen LogP contribution in [0, 0.1) is 13.8 Å². The zero-order valence-corrected chi connectivity index (χ0v) is 16.5. The van der Waals surface area contributed by atoms with Gasteiger partial charge >= 0.3 is 0 Å². The third-order valence-electron chi connectivity index (χ3n) is 4.92. The molecule has 27 heavy (non-hydrogen) atoms. The first-order chi connectivity index (χ1) is 13.0. The van der Waals surface area contributed by atoms with Crippen LogP contribution in [0.5, 0.6) is 5.75 Å². The highest BCUT2D eigenvalue weighted by Crippen LogP contribution is 2.19. The van der Waals surface area contributed by atoms with Crippen LogP contribution in [0.25, 0.3) is 11.0 Å². The zero-order chi connectivity index (χ0) is 19.4. The molecule has 0 bridgehead atoms. The smallest absolute Gasteiger partial charge is 0.219 e. The molecular weight excluding hydrogens is 338 g/mol. The van der Waals surface area contributed by atoms with E-state index >= 15 is 0 Å². The minimum Gasteiger partial charge on any atom is -0.494 e. The lowest BCUT2D eigenvalue weighted by molar-refractivity contribution is -0.128. The molecule has 2 aromatic carbocycles. The number of carbonyl (C=O) groups is 1. The van der Waals surface area contributed by atoms with Crippen LogP contribution in [0.4, 0.5) is 0 Å². The van der Waals surface area contributed by atoms with Gasteiger partial charge in [0.1, 0.15) is 11.6 Å². The number of carbonyl (C=O) groups excluding carboxylic acids is 1. The number of fused-ring (bicyclic) bond motifs is 1. The molecule has 0 aliphatic rings. The molecule has 0 radical (unpaired) electrons. The summed E-state index contributed by atoms with van der Waals surface area (Å²) in [6.07, 6.45) is 0.865. The maximum absolute atomic E-state index is 11.6. The molecular formula is C22H27N3O2. The minimum absolute atomic E-state index is 0.0340.